The molecule has 0 amide bonds. The van der Waals surface area contributed by atoms with Gasteiger partial charge < -0.3 is 14.2 Å². The first kappa shape index (κ1) is 29.0. The number of sulfonamides is 2. The fourth-order valence-electron chi connectivity index (χ4n) is 3.28. The van der Waals surface area contributed by atoms with E-state index < -0.39 is 41.5 Å². The quantitative estimate of drug-likeness (QED) is 0.292. The third-order valence-electron chi connectivity index (χ3n) is 5.03. The van der Waals surface area contributed by atoms with E-state index in [2.05, 4.69) is 9.44 Å². The minimum atomic E-state index is -4.50. The monoisotopic (exact) mass is 570 g/mol. The summed E-state index contributed by atoms with van der Waals surface area (Å²) < 4.78 is 101. The highest BCUT2D eigenvalue weighted by atomic mass is 32.2. The van der Waals surface area contributed by atoms with Gasteiger partial charge in [0.2, 0.25) is 0 Å². The van der Waals surface area contributed by atoms with Crippen molar-refractivity contribution in [2.24, 2.45) is 0 Å². The number of methoxy groups -OCH3 is 1. The number of nitrogens with one attached hydrogen (secondary N) is 2. The molecule has 0 radical (unpaired) electrons. The first-order chi connectivity index (χ1) is 18.0. The van der Waals surface area contributed by atoms with Crippen LogP contribution in [0.3, 0.4) is 0 Å². The first-order valence-corrected chi connectivity index (χ1v) is 14.6. The zero-order valence-corrected chi connectivity index (χ0v) is 22.6. The van der Waals surface area contributed by atoms with Gasteiger partial charge in [-0.15, -0.1) is 0 Å². The van der Waals surface area contributed by atoms with Crippen LogP contribution in [0.1, 0.15) is 26.7 Å². The molecule has 0 unspecified atom stereocenters. The van der Waals surface area contributed by atoms with Crippen molar-refractivity contribution in [2.75, 3.05) is 29.8 Å². The van der Waals surface area contributed by atoms with Gasteiger partial charge in [-0.3, -0.25) is 9.44 Å². The van der Waals surface area contributed by atoms with E-state index in [1.165, 1.54) is 19.2 Å². The maximum absolute atomic E-state index is 13.9. The van der Waals surface area contributed by atoms with Crippen molar-refractivity contribution in [3.8, 4) is 17.2 Å². The zero-order valence-electron chi connectivity index (χ0n) is 21.0. The van der Waals surface area contributed by atoms with Gasteiger partial charge in [0.15, 0.2) is 0 Å². The summed E-state index contributed by atoms with van der Waals surface area (Å²) >= 11 is 0. The summed E-state index contributed by atoms with van der Waals surface area (Å²) in [4.78, 5) is -0.985. The van der Waals surface area contributed by atoms with E-state index in [-0.39, 0.29) is 41.8 Å². The molecule has 0 aliphatic heterocycles. The van der Waals surface area contributed by atoms with E-state index in [0.717, 1.165) is 42.5 Å². The summed E-state index contributed by atoms with van der Waals surface area (Å²) in [7, 11) is -7.70. The predicted octanol–water partition coefficient (Wildman–Crippen LogP) is 5.15. The van der Waals surface area contributed by atoms with Crippen molar-refractivity contribution in [3.63, 3.8) is 0 Å². The van der Waals surface area contributed by atoms with Crippen LogP contribution in [0.5, 0.6) is 17.2 Å². The van der Waals surface area contributed by atoms with Crippen molar-refractivity contribution >= 4 is 31.4 Å². The summed E-state index contributed by atoms with van der Waals surface area (Å²) in [5, 5.41) is 0. The van der Waals surface area contributed by atoms with E-state index in [9.17, 15) is 25.6 Å². The minimum absolute atomic E-state index is 0.0898. The standard InChI is InChI=1S/C25H28F2N2O7S2/c1-4-12-35-22-9-6-17(26)14-20(22)28-37(30,31)19-8-11-24(34-3)25(16-19)38(32,33)29-21-15-18(27)7-10-23(21)36-13-5-2/h6-11,14-16,28-29H,4-5,12-13H2,1-3H3. The van der Waals surface area contributed by atoms with E-state index in [1.807, 2.05) is 13.8 Å². The minimum Gasteiger partial charge on any atom is -0.495 e. The highest BCUT2D eigenvalue weighted by Gasteiger charge is 2.26. The van der Waals surface area contributed by atoms with Crippen LogP contribution >= 0.6 is 0 Å². The molecule has 0 atom stereocenters. The first-order valence-electron chi connectivity index (χ1n) is 11.6. The second kappa shape index (κ2) is 12.3. The topological polar surface area (TPSA) is 120 Å². The smallest absolute Gasteiger partial charge is 0.265 e. The molecule has 38 heavy (non-hydrogen) atoms. The Balaban J connectivity index is 2.01. The van der Waals surface area contributed by atoms with Crippen molar-refractivity contribution in [3.05, 3.63) is 66.2 Å². The van der Waals surface area contributed by atoms with Gasteiger partial charge in [0, 0.05) is 12.1 Å². The van der Waals surface area contributed by atoms with E-state index in [4.69, 9.17) is 14.2 Å². The fraction of sp³-hybridized carbons (Fsp3) is 0.280. The molecule has 0 saturated carbocycles. The van der Waals surface area contributed by atoms with Crippen LogP contribution in [0.4, 0.5) is 20.2 Å². The highest BCUT2D eigenvalue weighted by Crippen LogP contribution is 2.34. The maximum Gasteiger partial charge on any atom is 0.265 e. The largest absolute Gasteiger partial charge is 0.495 e. The second-order valence-corrected chi connectivity index (χ2v) is 11.3. The Labute approximate surface area is 220 Å². The molecule has 0 saturated heterocycles. The molecule has 0 aromatic heterocycles. The van der Waals surface area contributed by atoms with Crippen molar-refractivity contribution in [2.45, 2.75) is 36.5 Å². The Hall–Kier alpha value is -3.58. The maximum atomic E-state index is 13.9. The number of anilines is 2. The van der Waals surface area contributed by atoms with Crippen LogP contribution < -0.4 is 23.7 Å². The van der Waals surface area contributed by atoms with Crippen molar-refractivity contribution in [1.82, 2.24) is 0 Å². The molecule has 0 bridgehead atoms. The van der Waals surface area contributed by atoms with E-state index >= 15 is 0 Å². The van der Waals surface area contributed by atoms with Gasteiger partial charge in [0.25, 0.3) is 20.0 Å². The van der Waals surface area contributed by atoms with Crippen LogP contribution in [-0.4, -0.2) is 37.2 Å². The molecule has 0 heterocycles. The Morgan fingerprint density at radius 3 is 1.63 bits per heavy atom. The molecule has 9 nitrogen and oxygen atoms in total. The van der Waals surface area contributed by atoms with E-state index in [1.54, 1.807) is 0 Å². The molecule has 3 aromatic carbocycles. The average molecular weight is 571 g/mol. The molecule has 0 fully saturated rings. The third-order valence-corrected chi connectivity index (χ3v) is 7.78. The lowest BCUT2D eigenvalue weighted by atomic mass is 10.3. The third kappa shape index (κ3) is 7.04. The zero-order chi connectivity index (χ0) is 27.9. The van der Waals surface area contributed by atoms with Gasteiger partial charge >= 0.3 is 0 Å². The SMILES string of the molecule is CCCOc1ccc(F)cc1NS(=O)(=O)c1ccc(OC)c(S(=O)(=O)Nc2cc(F)ccc2OCCC)c1. The van der Waals surface area contributed by atoms with Gasteiger partial charge in [-0.05, 0) is 55.3 Å². The summed E-state index contributed by atoms with van der Waals surface area (Å²) in [6.07, 6.45) is 1.26. The number of benzene rings is 3. The molecule has 0 aliphatic carbocycles. The lowest BCUT2D eigenvalue weighted by Crippen LogP contribution is -2.18. The Morgan fingerprint density at radius 2 is 1.16 bits per heavy atom. The molecule has 0 spiro atoms. The molecule has 0 aliphatic rings. The van der Waals surface area contributed by atoms with Crippen LogP contribution in [0.25, 0.3) is 0 Å². The van der Waals surface area contributed by atoms with E-state index in [0.29, 0.717) is 12.8 Å². The lowest BCUT2D eigenvalue weighted by molar-refractivity contribution is 0.318. The summed E-state index contributed by atoms with van der Waals surface area (Å²) in [6.45, 7) is 4.22. The van der Waals surface area contributed by atoms with Crippen LogP contribution in [0.15, 0.2) is 64.4 Å². The lowest BCUT2D eigenvalue weighted by Gasteiger charge is -2.17. The Kier molecular flexibility index (Phi) is 9.39. The summed E-state index contributed by atoms with van der Waals surface area (Å²) in [6, 6.07) is 9.86. The second-order valence-electron chi connectivity index (χ2n) is 8.00. The van der Waals surface area contributed by atoms with Crippen LogP contribution in [-0.2, 0) is 20.0 Å². The Bertz CT molecular complexity index is 1500. The normalized spacial score (nSPS) is 11.6. The van der Waals surface area contributed by atoms with Gasteiger partial charge in [-0.25, -0.2) is 25.6 Å². The van der Waals surface area contributed by atoms with Gasteiger partial charge in [0.05, 0.1) is 36.6 Å². The number of hydrogen-bond donors (Lipinski definition) is 2. The number of ether oxygens (including phenoxy) is 3. The molecule has 3 rings (SSSR count). The molecular weight excluding hydrogens is 542 g/mol. The van der Waals surface area contributed by atoms with Crippen LogP contribution in [0, 0.1) is 11.6 Å². The summed E-state index contributed by atoms with van der Waals surface area (Å²) in [5.74, 6) is -1.39. The molecule has 3 aromatic rings. The molecule has 206 valence electrons. The predicted molar refractivity (Wildman–Crippen MR) is 139 cm³/mol. The van der Waals surface area contributed by atoms with Gasteiger partial charge in [0.1, 0.15) is 33.8 Å². The van der Waals surface area contributed by atoms with Gasteiger partial charge in [-0.2, -0.15) is 0 Å². The van der Waals surface area contributed by atoms with Crippen molar-refractivity contribution in [1.29, 1.82) is 0 Å². The highest BCUT2D eigenvalue weighted by molar-refractivity contribution is 7.93. The molecular formula is C25H28F2N2O7S2. The van der Waals surface area contributed by atoms with Crippen LogP contribution in [0.2, 0.25) is 0 Å². The summed E-state index contributed by atoms with van der Waals surface area (Å²) in [5.41, 5.74) is -0.335. The molecule has 13 heteroatoms. The number of hydrogen-bond acceptors (Lipinski definition) is 7. The Morgan fingerprint density at radius 1 is 0.684 bits per heavy atom. The van der Waals surface area contributed by atoms with Gasteiger partial charge in [-0.1, -0.05) is 13.8 Å². The fourth-order valence-corrected chi connectivity index (χ4v) is 5.70. The molecule has 2 N–H and O–H groups in total. The van der Waals surface area contributed by atoms with Crippen molar-refractivity contribution < 1.29 is 39.8 Å². The number of rotatable bonds is 13. The number of halogens is 2. The average Bonchev–Trinajstić information content (AvgIpc) is 2.87.